The minimum atomic E-state index is -0.548. The summed E-state index contributed by atoms with van der Waals surface area (Å²) in [5.41, 5.74) is 6.80. The maximum atomic E-state index is 12.0. The normalized spacial score (nSPS) is 40.9. The second-order valence-electron chi connectivity index (χ2n) is 13.7. The number of carbonyl (C=O) groups is 2. The standard InChI is InChI=1S/C18H22O2.C11H20N2O2/c1-16-7-13-8-17(10-16,14-5-3-2-4-6-14)12-18(9-13,11-16)15(19)20;1-11(2,3)15-10(14)13-6-7-4-8(13)5-9(7)12/h2-6,13H,7-12H2,1H3,(H,19,20);7-9H,4-6,12H2,1-3H3. The smallest absolute Gasteiger partial charge is 0.410 e. The van der Waals surface area contributed by atoms with Crippen molar-refractivity contribution in [3.8, 4) is 0 Å². The summed E-state index contributed by atoms with van der Waals surface area (Å²) in [4.78, 5) is 25.6. The van der Waals surface area contributed by atoms with Crippen molar-refractivity contribution in [2.24, 2.45) is 28.4 Å². The van der Waals surface area contributed by atoms with Crippen LogP contribution in [0.25, 0.3) is 0 Å². The number of nitrogens with two attached hydrogens (primary N) is 1. The Balaban J connectivity index is 0.000000152. The van der Waals surface area contributed by atoms with E-state index in [1.54, 1.807) is 0 Å². The summed E-state index contributed by atoms with van der Waals surface area (Å²) in [6, 6.07) is 11.3. The van der Waals surface area contributed by atoms with E-state index in [9.17, 15) is 14.7 Å². The molecule has 1 saturated heterocycles. The van der Waals surface area contributed by atoms with Crippen molar-refractivity contribution < 1.29 is 19.4 Å². The Kier molecular flexibility index (Phi) is 5.78. The molecule has 7 rings (SSSR count). The van der Waals surface area contributed by atoms with Gasteiger partial charge in [-0.2, -0.15) is 0 Å². The zero-order valence-corrected chi connectivity index (χ0v) is 21.8. The molecular formula is C29H42N2O4. The quantitative estimate of drug-likeness (QED) is 0.593. The number of carbonyl (C=O) groups excluding carboxylic acids is 1. The molecule has 6 fully saturated rings. The topological polar surface area (TPSA) is 92.9 Å². The number of amides is 1. The molecule has 7 atom stereocenters. The number of aliphatic carboxylic acids is 1. The monoisotopic (exact) mass is 482 g/mol. The molecule has 6 bridgehead atoms. The number of fused-ring (bicyclic) bond motifs is 2. The average molecular weight is 483 g/mol. The van der Waals surface area contributed by atoms with Crippen molar-refractivity contribution in [2.75, 3.05) is 6.54 Å². The highest BCUT2D eigenvalue weighted by molar-refractivity contribution is 5.76. The lowest BCUT2D eigenvalue weighted by Crippen LogP contribution is -2.60. The van der Waals surface area contributed by atoms with E-state index < -0.39 is 17.0 Å². The Hall–Kier alpha value is -2.08. The Morgan fingerprint density at radius 3 is 2.31 bits per heavy atom. The van der Waals surface area contributed by atoms with Gasteiger partial charge in [-0.3, -0.25) is 4.79 Å². The Morgan fingerprint density at radius 1 is 1.06 bits per heavy atom. The van der Waals surface area contributed by atoms with Gasteiger partial charge in [-0.1, -0.05) is 37.3 Å². The molecule has 0 radical (unpaired) electrons. The zero-order valence-electron chi connectivity index (χ0n) is 21.8. The van der Waals surface area contributed by atoms with Gasteiger partial charge in [-0.05, 0) is 100 Å². The van der Waals surface area contributed by atoms with Gasteiger partial charge in [-0.15, -0.1) is 0 Å². The van der Waals surface area contributed by atoms with Crippen LogP contribution >= 0.6 is 0 Å². The van der Waals surface area contributed by atoms with Gasteiger partial charge < -0.3 is 20.5 Å². The molecule has 5 aliphatic carbocycles. The summed E-state index contributed by atoms with van der Waals surface area (Å²) in [6.45, 7) is 8.79. The molecule has 6 aliphatic rings. The van der Waals surface area contributed by atoms with Crippen molar-refractivity contribution in [2.45, 2.75) is 102 Å². The Morgan fingerprint density at radius 2 is 1.77 bits per heavy atom. The number of hydrogen-bond acceptors (Lipinski definition) is 4. The first-order valence-electron chi connectivity index (χ1n) is 13.4. The molecule has 6 heteroatoms. The number of piperidine rings is 1. The highest BCUT2D eigenvalue weighted by atomic mass is 16.6. The maximum absolute atomic E-state index is 12.0. The first kappa shape index (κ1) is 24.6. The number of hydrogen-bond donors (Lipinski definition) is 2. The lowest BCUT2D eigenvalue weighted by Gasteiger charge is -2.64. The highest BCUT2D eigenvalue weighted by Crippen LogP contribution is 2.70. The maximum Gasteiger partial charge on any atom is 0.410 e. The minimum Gasteiger partial charge on any atom is -0.481 e. The molecule has 1 aliphatic heterocycles. The van der Waals surface area contributed by atoms with Gasteiger partial charge in [0, 0.05) is 18.6 Å². The molecule has 1 aromatic rings. The number of ether oxygens (including phenoxy) is 1. The highest BCUT2D eigenvalue weighted by Gasteiger charge is 2.64. The van der Waals surface area contributed by atoms with Crippen LogP contribution in [0.2, 0.25) is 0 Å². The molecule has 35 heavy (non-hydrogen) atoms. The SMILES string of the molecule is CC(C)(C)OC(=O)N1CC2CC1CC2N.CC12CC3CC(C(=O)O)(C1)CC(c1ccccc1)(C3)C2. The summed E-state index contributed by atoms with van der Waals surface area (Å²) in [6.07, 6.45) is 8.07. The van der Waals surface area contributed by atoms with Gasteiger partial charge in [-0.25, -0.2) is 4.79 Å². The second kappa shape index (κ2) is 8.22. The number of nitrogens with zero attached hydrogens (tertiary/aromatic N) is 1. The molecule has 3 N–H and O–H groups in total. The third-order valence-corrected chi connectivity index (χ3v) is 9.41. The van der Waals surface area contributed by atoms with Crippen LogP contribution in [0.4, 0.5) is 4.79 Å². The van der Waals surface area contributed by atoms with E-state index in [2.05, 4.69) is 37.3 Å². The van der Waals surface area contributed by atoms with E-state index in [4.69, 9.17) is 10.5 Å². The van der Waals surface area contributed by atoms with Gasteiger partial charge in [0.2, 0.25) is 0 Å². The van der Waals surface area contributed by atoms with Crippen molar-refractivity contribution in [1.29, 1.82) is 0 Å². The van der Waals surface area contributed by atoms with Gasteiger partial charge >= 0.3 is 12.1 Å². The molecule has 1 heterocycles. The number of rotatable bonds is 2. The molecule has 6 nitrogen and oxygen atoms in total. The van der Waals surface area contributed by atoms with Crippen LogP contribution in [0.5, 0.6) is 0 Å². The van der Waals surface area contributed by atoms with E-state index >= 15 is 0 Å². The zero-order chi connectivity index (χ0) is 25.2. The van der Waals surface area contributed by atoms with Gasteiger partial charge in [0.25, 0.3) is 0 Å². The first-order chi connectivity index (χ1) is 16.3. The van der Waals surface area contributed by atoms with E-state index in [1.165, 1.54) is 24.8 Å². The van der Waals surface area contributed by atoms with Crippen LogP contribution in [-0.4, -0.2) is 46.3 Å². The average Bonchev–Trinajstić information content (AvgIpc) is 3.32. The van der Waals surface area contributed by atoms with E-state index in [0.29, 0.717) is 17.9 Å². The lowest BCUT2D eigenvalue weighted by atomic mass is 9.39. The van der Waals surface area contributed by atoms with Gasteiger partial charge in [0.1, 0.15) is 5.60 Å². The number of likely N-dealkylation sites (tertiary alicyclic amines) is 1. The van der Waals surface area contributed by atoms with Crippen LogP contribution in [0, 0.1) is 22.7 Å². The van der Waals surface area contributed by atoms with Crippen LogP contribution < -0.4 is 5.73 Å². The first-order valence-corrected chi connectivity index (χ1v) is 13.4. The molecule has 192 valence electrons. The van der Waals surface area contributed by atoms with Crippen LogP contribution in [-0.2, 0) is 14.9 Å². The van der Waals surface area contributed by atoms with E-state index in [1.807, 2.05) is 25.7 Å². The fraction of sp³-hybridized carbons (Fsp3) is 0.724. The molecule has 0 aromatic heterocycles. The predicted molar refractivity (Wildman–Crippen MR) is 135 cm³/mol. The van der Waals surface area contributed by atoms with E-state index in [0.717, 1.165) is 38.6 Å². The van der Waals surface area contributed by atoms with Crippen LogP contribution in [0.1, 0.15) is 84.6 Å². The molecule has 5 saturated carbocycles. The van der Waals surface area contributed by atoms with E-state index in [-0.39, 0.29) is 23.0 Å². The summed E-state index contributed by atoms with van der Waals surface area (Å²) in [7, 11) is 0. The van der Waals surface area contributed by atoms with Crippen molar-refractivity contribution in [3.63, 3.8) is 0 Å². The Labute approximate surface area is 209 Å². The molecular weight excluding hydrogens is 440 g/mol. The molecule has 1 amide bonds. The fourth-order valence-corrected chi connectivity index (χ4v) is 8.81. The number of carboxylic acid groups (broad SMARTS) is 1. The minimum absolute atomic E-state index is 0.119. The van der Waals surface area contributed by atoms with Crippen molar-refractivity contribution >= 4 is 12.1 Å². The third-order valence-electron chi connectivity index (χ3n) is 9.41. The van der Waals surface area contributed by atoms with Crippen molar-refractivity contribution in [3.05, 3.63) is 35.9 Å². The summed E-state index contributed by atoms with van der Waals surface area (Å²) in [5.74, 6) is 0.545. The second-order valence-corrected chi connectivity index (χ2v) is 13.7. The molecule has 1 aromatic carbocycles. The van der Waals surface area contributed by atoms with Crippen LogP contribution in [0.15, 0.2) is 30.3 Å². The Bertz CT molecular complexity index is 988. The van der Waals surface area contributed by atoms with Crippen LogP contribution in [0.3, 0.4) is 0 Å². The van der Waals surface area contributed by atoms with Crippen molar-refractivity contribution in [1.82, 2.24) is 4.90 Å². The third kappa shape index (κ3) is 4.47. The van der Waals surface area contributed by atoms with Gasteiger partial charge in [0.05, 0.1) is 5.41 Å². The molecule has 7 unspecified atom stereocenters. The largest absolute Gasteiger partial charge is 0.481 e. The summed E-state index contributed by atoms with van der Waals surface area (Å²) < 4.78 is 5.36. The predicted octanol–water partition coefficient (Wildman–Crippen LogP) is 5.34. The summed E-state index contributed by atoms with van der Waals surface area (Å²) >= 11 is 0. The fourth-order valence-electron chi connectivity index (χ4n) is 8.81. The summed E-state index contributed by atoms with van der Waals surface area (Å²) in [5, 5.41) is 9.85. The number of carboxylic acids is 1. The number of benzene rings is 1. The molecule has 0 spiro atoms. The van der Waals surface area contributed by atoms with Gasteiger partial charge in [0.15, 0.2) is 0 Å². The lowest BCUT2D eigenvalue weighted by molar-refractivity contribution is -0.177.